The van der Waals surface area contributed by atoms with Gasteiger partial charge < -0.3 is 14.8 Å². The second-order valence-corrected chi connectivity index (χ2v) is 12.8. The van der Waals surface area contributed by atoms with Gasteiger partial charge in [-0.2, -0.15) is 0 Å². The third kappa shape index (κ3) is 6.11. The van der Waals surface area contributed by atoms with Gasteiger partial charge >= 0.3 is 16.8 Å². The van der Waals surface area contributed by atoms with Crippen LogP contribution in [0.4, 0.5) is 11.4 Å². The Morgan fingerprint density at radius 3 is 1.98 bits per heavy atom. The number of aromatic nitrogens is 1. The van der Waals surface area contributed by atoms with Gasteiger partial charge in [0.05, 0.1) is 41.0 Å². The number of thioether (sulfide) groups is 1. The number of nitrogens with one attached hydrogen (secondary N) is 1. The van der Waals surface area contributed by atoms with E-state index in [1.54, 1.807) is 26.0 Å². The number of nitrogens with zero attached hydrogens (tertiary/aromatic N) is 2. The fraction of sp³-hybridized carbons (Fsp3) is 0.235. The zero-order valence-electron chi connectivity index (χ0n) is 25.3. The molecule has 4 aromatic rings. The van der Waals surface area contributed by atoms with Crippen LogP contribution in [0.2, 0.25) is 0 Å². The first-order valence-electron chi connectivity index (χ1n) is 14.9. The van der Waals surface area contributed by atoms with Crippen molar-refractivity contribution in [1.29, 1.82) is 0 Å². The van der Waals surface area contributed by atoms with E-state index in [0.717, 1.165) is 33.6 Å². The van der Waals surface area contributed by atoms with Gasteiger partial charge in [-0.15, -0.1) is 0 Å². The molecule has 0 spiro atoms. The summed E-state index contributed by atoms with van der Waals surface area (Å²) < 4.78 is 11.4. The highest BCUT2D eigenvalue weighted by Crippen LogP contribution is 2.53. The van der Waals surface area contributed by atoms with Crippen LogP contribution >= 0.6 is 23.1 Å². The number of carbonyl (C=O) groups excluding carboxylic acids is 5. The van der Waals surface area contributed by atoms with Gasteiger partial charge in [-0.25, -0.2) is 14.5 Å². The summed E-state index contributed by atoms with van der Waals surface area (Å²) >= 11 is 2.07. The number of carbonyl (C=O) groups is 5. The quantitative estimate of drug-likeness (QED) is 0.198. The minimum absolute atomic E-state index is 0.215. The molecule has 11 nitrogen and oxygen atoms in total. The lowest BCUT2D eigenvalue weighted by Gasteiger charge is -2.30. The van der Waals surface area contributed by atoms with Crippen LogP contribution in [0.5, 0.6) is 0 Å². The van der Waals surface area contributed by atoms with Crippen LogP contribution in [0.1, 0.15) is 50.9 Å². The number of imide groups is 1. The minimum atomic E-state index is -0.858. The topological polar surface area (TPSA) is 141 Å². The number of hydrogen-bond acceptors (Lipinski definition) is 10. The van der Waals surface area contributed by atoms with E-state index in [-0.39, 0.29) is 24.6 Å². The van der Waals surface area contributed by atoms with Crippen molar-refractivity contribution < 1.29 is 33.4 Å². The number of anilines is 2. The fourth-order valence-electron chi connectivity index (χ4n) is 5.74. The van der Waals surface area contributed by atoms with Gasteiger partial charge in [-0.3, -0.25) is 23.7 Å². The molecule has 0 radical (unpaired) electrons. The lowest BCUT2D eigenvalue weighted by atomic mass is 9.83. The molecule has 240 valence electrons. The van der Waals surface area contributed by atoms with Crippen molar-refractivity contribution in [3.63, 3.8) is 0 Å². The van der Waals surface area contributed by atoms with Crippen LogP contribution < -0.4 is 15.1 Å². The number of ether oxygens (including phenoxy) is 2. The molecule has 0 aliphatic carbocycles. The monoisotopic (exact) mass is 671 g/mol. The average Bonchev–Trinajstić information content (AvgIpc) is 3.51. The molecule has 13 heteroatoms. The van der Waals surface area contributed by atoms with Crippen LogP contribution in [0, 0.1) is 5.92 Å². The normalized spacial score (nSPS) is 18.3. The first kappa shape index (κ1) is 32.0. The Hall–Kier alpha value is -5.01. The molecular weight excluding hydrogens is 643 g/mol. The highest BCUT2D eigenvalue weighted by molar-refractivity contribution is 8.00. The molecule has 1 N–H and O–H groups in total. The zero-order chi connectivity index (χ0) is 33.2. The fourth-order valence-corrected chi connectivity index (χ4v) is 8.51. The van der Waals surface area contributed by atoms with Crippen molar-refractivity contribution >= 4 is 64.1 Å². The van der Waals surface area contributed by atoms with Gasteiger partial charge in [0.2, 0.25) is 17.7 Å². The number of rotatable bonds is 9. The Kier molecular flexibility index (Phi) is 9.10. The minimum Gasteiger partial charge on any atom is -0.462 e. The summed E-state index contributed by atoms with van der Waals surface area (Å²) in [5.41, 5.74) is 2.15. The maximum atomic E-state index is 14.1. The average molecular weight is 672 g/mol. The Labute approximate surface area is 277 Å². The number of amides is 3. The molecule has 2 unspecified atom stereocenters. The largest absolute Gasteiger partial charge is 0.462 e. The van der Waals surface area contributed by atoms with Crippen LogP contribution in [0.25, 0.3) is 0 Å². The van der Waals surface area contributed by atoms with Crippen molar-refractivity contribution in [2.45, 2.75) is 36.6 Å². The maximum Gasteiger partial charge on any atom is 0.338 e. The number of esters is 2. The van der Waals surface area contributed by atoms with Crippen molar-refractivity contribution in [2.75, 3.05) is 23.4 Å². The summed E-state index contributed by atoms with van der Waals surface area (Å²) in [7, 11) is 0. The predicted molar refractivity (Wildman–Crippen MR) is 176 cm³/mol. The van der Waals surface area contributed by atoms with Crippen LogP contribution in [-0.4, -0.2) is 52.7 Å². The van der Waals surface area contributed by atoms with Crippen molar-refractivity contribution in [3.8, 4) is 0 Å². The summed E-state index contributed by atoms with van der Waals surface area (Å²) in [6, 6.07) is 21.5. The van der Waals surface area contributed by atoms with E-state index in [4.69, 9.17) is 9.47 Å². The van der Waals surface area contributed by atoms with Gasteiger partial charge in [0.1, 0.15) is 11.8 Å². The first-order chi connectivity index (χ1) is 22.7. The first-order valence-corrected chi connectivity index (χ1v) is 16.6. The molecule has 6 rings (SSSR count). The molecule has 3 heterocycles. The van der Waals surface area contributed by atoms with E-state index in [1.807, 2.05) is 30.3 Å². The standard InChI is InChI=1S/C34H29N3O8S2/c1-3-44-32(41)20-10-14-22(15-11-20)35-24(38)18-36-31-28(47-34(36)43)25(19-8-6-5-7-9-19)26-27(46-31)30(40)37(29(26)39)23-16-12-21(13-17-23)33(42)45-4-2/h5-17,25-27H,3-4,18H2,1-2H3,(H,35,38)/t25-,26?,27?/m1/s1. The van der Waals surface area contributed by atoms with E-state index in [2.05, 4.69) is 5.32 Å². The maximum absolute atomic E-state index is 14.1. The summed E-state index contributed by atoms with van der Waals surface area (Å²) in [5, 5.41) is 2.35. The van der Waals surface area contributed by atoms with E-state index in [0.29, 0.717) is 32.4 Å². The van der Waals surface area contributed by atoms with Gasteiger partial charge in [-0.1, -0.05) is 53.4 Å². The summed E-state index contributed by atoms with van der Waals surface area (Å²) in [6.45, 7) is 3.55. The van der Waals surface area contributed by atoms with Crippen molar-refractivity contribution in [3.05, 3.63) is 110 Å². The summed E-state index contributed by atoms with van der Waals surface area (Å²) in [5.74, 6) is -3.72. The van der Waals surface area contributed by atoms with E-state index < -0.39 is 46.7 Å². The molecule has 2 aliphatic heterocycles. The van der Waals surface area contributed by atoms with Crippen molar-refractivity contribution in [2.24, 2.45) is 5.92 Å². The molecule has 1 fully saturated rings. The molecule has 1 saturated heterocycles. The Balaban J connectivity index is 1.30. The molecule has 1 aromatic heterocycles. The van der Waals surface area contributed by atoms with Gasteiger partial charge in [0.25, 0.3) is 0 Å². The number of hydrogen-bond donors (Lipinski definition) is 1. The van der Waals surface area contributed by atoms with E-state index in [1.165, 1.54) is 41.0 Å². The smallest absolute Gasteiger partial charge is 0.338 e. The van der Waals surface area contributed by atoms with Crippen LogP contribution in [0.15, 0.2) is 88.7 Å². The number of fused-ring (bicyclic) bond motifs is 2. The molecular formula is C34H29N3O8S2. The molecule has 47 heavy (non-hydrogen) atoms. The Morgan fingerprint density at radius 1 is 0.787 bits per heavy atom. The van der Waals surface area contributed by atoms with Crippen LogP contribution in [0.3, 0.4) is 0 Å². The molecule has 3 atom stereocenters. The van der Waals surface area contributed by atoms with Crippen LogP contribution in [-0.2, 0) is 30.4 Å². The van der Waals surface area contributed by atoms with Gasteiger partial charge in [-0.05, 0) is 67.9 Å². The molecule has 3 amide bonds. The lowest BCUT2D eigenvalue weighted by Crippen LogP contribution is -2.33. The molecule has 2 aliphatic rings. The van der Waals surface area contributed by atoms with Gasteiger partial charge in [0.15, 0.2) is 0 Å². The summed E-state index contributed by atoms with van der Waals surface area (Å²) in [4.78, 5) is 80.0. The SMILES string of the molecule is CCOC(=O)c1ccc(NC(=O)Cn2c3c(sc2=O)[C@H](c2ccccc2)C2C(=O)N(c4ccc(C(=O)OCC)cc4)C(=O)C2S3)cc1. The highest BCUT2D eigenvalue weighted by atomic mass is 32.2. The third-order valence-corrected chi connectivity index (χ3v) is 10.4. The van der Waals surface area contributed by atoms with E-state index >= 15 is 0 Å². The molecule has 0 bridgehead atoms. The summed E-state index contributed by atoms with van der Waals surface area (Å²) in [6.07, 6.45) is 0. The third-order valence-electron chi connectivity index (χ3n) is 7.83. The molecule has 0 saturated carbocycles. The number of benzene rings is 3. The highest BCUT2D eigenvalue weighted by Gasteiger charge is 2.56. The van der Waals surface area contributed by atoms with Crippen molar-refractivity contribution in [1.82, 2.24) is 4.57 Å². The zero-order valence-corrected chi connectivity index (χ0v) is 27.0. The molecule has 3 aromatic carbocycles. The Morgan fingerprint density at radius 2 is 1.38 bits per heavy atom. The second-order valence-electron chi connectivity index (χ2n) is 10.7. The second kappa shape index (κ2) is 13.4. The number of thiazole rings is 1. The predicted octanol–water partition coefficient (Wildman–Crippen LogP) is 4.70. The van der Waals surface area contributed by atoms with Gasteiger partial charge in [0, 0.05) is 16.5 Å². The lowest BCUT2D eigenvalue weighted by molar-refractivity contribution is -0.122. The Bertz CT molecular complexity index is 1920. The van der Waals surface area contributed by atoms with E-state index in [9.17, 15) is 28.8 Å².